The number of rotatable bonds is 7. The number of ether oxygens (including phenoxy) is 1. The summed E-state index contributed by atoms with van der Waals surface area (Å²) in [5, 5.41) is 13.6. The van der Waals surface area contributed by atoms with Gasteiger partial charge in [0.2, 0.25) is 5.91 Å². The van der Waals surface area contributed by atoms with Crippen LogP contribution in [0.1, 0.15) is 18.9 Å². The van der Waals surface area contributed by atoms with E-state index in [-0.39, 0.29) is 24.7 Å². The number of nitrogens with one attached hydrogen (secondary N) is 1. The summed E-state index contributed by atoms with van der Waals surface area (Å²) in [7, 11) is 1.61. The fraction of sp³-hybridized carbons (Fsp3) is 0.333. The summed E-state index contributed by atoms with van der Waals surface area (Å²) in [5.74, 6) is -0.310. The first-order chi connectivity index (χ1) is 11.0. The molecule has 0 heterocycles. The summed E-state index contributed by atoms with van der Waals surface area (Å²) in [5.41, 5.74) is 0.921. The summed E-state index contributed by atoms with van der Waals surface area (Å²) in [6.07, 6.45) is 0.302. The van der Waals surface area contributed by atoms with Gasteiger partial charge in [-0.15, -0.1) is 0 Å². The summed E-state index contributed by atoms with van der Waals surface area (Å²) in [4.78, 5) is 22.7. The van der Waals surface area contributed by atoms with Gasteiger partial charge in [-0.05, 0) is 34.4 Å². The number of carboxylic acid groups (broad SMARTS) is 1. The number of carbonyl (C=O) groups is 2. The molecule has 0 saturated carbocycles. The van der Waals surface area contributed by atoms with Crippen LogP contribution >= 0.6 is 0 Å². The second kappa shape index (κ2) is 7.63. The largest absolute Gasteiger partial charge is 0.497 e. The van der Waals surface area contributed by atoms with E-state index < -0.39 is 5.97 Å². The minimum Gasteiger partial charge on any atom is -0.497 e. The third kappa shape index (κ3) is 4.71. The molecule has 0 aliphatic carbocycles. The van der Waals surface area contributed by atoms with Gasteiger partial charge in [-0.25, -0.2) is 0 Å². The molecule has 0 radical (unpaired) electrons. The van der Waals surface area contributed by atoms with Gasteiger partial charge in [0.25, 0.3) is 0 Å². The van der Waals surface area contributed by atoms with E-state index >= 15 is 0 Å². The Balaban J connectivity index is 2.06. The lowest BCUT2D eigenvalue weighted by Crippen LogP contribution is -2.30. The number of carbonyl (C=O) groups excluding carboxylic acids is 1. The molecule has 23 heavy (non-hydrogen) atoms. The number of aliphatic carboxylic acids is 1. The van der Waals surface area contributed by atoms with Gasteiger partial charge in [-0.2, -0.15) is 0 Å². The Hall–Kier alpha value is -2.56. The normalized spacial score (nSPS) is 11.9. The number of hydrogen-bond donors (Lipinski definition) is 2. The van der Waals surface area contributed by atoms with E-state index in [4.69, 9.17) is 9.84 Å². The van der Waals surface area contributed by atoms with Crippen LogP contribution in [0, 0.1) is 5.92 Å². The summed E-state index contributed by atoms with van der Waals surface area (Å²) in [6.45, 7) is 2.16. The van der Waals surface area contributed by atoms with Gasteiger partial charge in [0.15, 0.2) is 0 Å². The molecular formula is C18H21NO4. The zero-order valence-electron chi connectivity index (χ0n) is 13.3. The van der Waals surface area contributed by atoms with E-state index in [1.165, 1.54) is 0 Å². The monoisotopic (exact) mass is 315 g/mol. The summed E-state index contributed by atoms with van der Waals surface area (Å²) in [6, 6.07) is 11.6. The third-order valence-corrected chi connectivity index (χ3v) is 3.70. The second-order valence-corrected chi connectivity index (χ2v) is 5.69. The lowest BCUT2D eigenvalue weighted by Gasteiger charge is -2.12. The highest BCUT2D eigenvalue weighted by Crippen LogP contribution is 2.24. The highest BCUT2D eigenvalue weighted by atomic mass is 16.5. The number of carboxylic acids is 1. The van der Waals surface area contributed by atoms with Crippen molar-refractivity contribution in [1.29, 1.82) is 0 Å². The minimum absolute atomic E-state index is 0.0474. The van der Waals surface area contributed by atoms with Crippen molar-refractivity contribution in [2.75, 3.05) is 13.7 Å². The number of methoxy groups -OCH3 is 1. The van der Waals surface area contributed by atoms with Gasteiger partial charge in [0.1, 0.15) is 5.75 Å². The molecule has 1 unspecified atom stereocenters. The SMILES string of the molecule is COc1ccc2cccc(CC(=O)NCC(C)CC(=O)O)c2c1. The average Bonchev–Trinajstić information content (AvgIpc) is 2.52. The Bertz CT molecular complexity index is 711. The predicted molar refractivity (Wildman–Crippen MR) is 88.6 cm³/mol. The van der Waals surface area contributed by atoms with Crippen LogP contribution in [0.4, 0.5) is 0 Å². The molecular weight excluding hydrogens is 294 g/mol. The minimum atomic E-state index is -0.854. The lowest BCUT2D eigenvalue weighted by molar-refractivity contribution is -0.138. The van der Waals surface area contributed by atoms with Crippen LogP contribution in [0.3, 0.4) is 0 Å². The van der Waals surface area contributed by atoms with Crippen molar-refractivity contribution in [2.24, 2.45) is 5.92 Å². The van der Waals surface area contributed by atoms with E-state index in [2.05, 4.69) is 5.32 Å². The number of benzene rings is 2. The van der Waals surface area contributed by atoms with Gasteiger partial charge in [0, 0.05) is 13.0 Å². The molecule has 2 aromatic rings. The fourth-order valence-electron chi connectivity index (χ4n) is 2.49. The van der Waals surface area contributed by atoms with Crippen LogP contribution in [-0.4, -0.2) is 30.6 Å². The van der Waals surface area contributed by atoms with Crippen molar-refractivity contribution in [3.63, 3.8) is 0 Å². The van der Waals surface area contributed by atoms with E-state index in [1.807, 2.05) is 36.4 Å². The van der Waals surface area contributed by atoms with Gasteiger partial charge >= 0.3 is 5.97 Å². The molecule has 1 atom stereocenters. The second-order valence-electron chi connectivity index (χ2n) is 5.69. The molecule has 0 fully saturated rings. The number of hydrogen-bond acceptors (Lipinski definition) is 3. The molecule has 2 aromatic carbocycles. The fourth-order valence-corrected chi connectivity index (χ4v) is 2.49. The molecule has 0 aliphatic heterocycles. The van der Waals surface area contributed by atoms with Crippen LogP contribution in [-0.2, 0) is 16.0 Å². The zero-order valence-corrected chi connectivity index (χ0v) is 13.3. The van der Waals surface area contributed by atoms with Gasteiger partial charge < -0.3 is 15.2 Å². The maximum absolute atomic E-state index is 12.1. The molecule has 5 heteroatoms. The smallest absolute Gasteiger partial charge is 0.303 e. The predicted octanol–water partition coefficient (Wildman–Crippen LogP) is 2.62. The zero-order chi connectivity index (χ0) is 16.8. The maximum atomic E-state index is 12.1. The Labute approximate surface area is 135 Å². The van der Waals surface area contributed by atoms with E-state index in [0.29, 0.717) is 6.54 Å². The van der Waals surface area contributed by atoms with E-state index in [1.54, 1.807) is 14.0 Å². The molecule has 0 aliphatic rings. The molecule has 0 bridgehead atoms. The third-order valence-electron chi connectivity index (χ3n) is 3.70. The van der Waals surface area contributed by atoms with Gasteiger partial charge in [-0.3, -0.25) is 9.59 Å². The van der Waals surface area contributed by atoms with Crippen molar-refractivity contribution >= 4 is 22.6 Å². The Kier molecular flexibility index (Phi) is 5.57. The lowest BCUT2D eigenvalue weighted by atomic mass is 10.0. The van der Waals surface area contributed by atoms with Gasteiger partial charge in [0.05, 0.1) is 13.5 Å². The molecule has 2 N–H and O–H groups in total. The van der Waals surface area contributed by atoms with Crippen LogP contribution < -0.4 is 10.1 Å². The van der Waals surface area contributed by atoms with Crippen molar-refractivity contribution in [3.8, 4) is 5.75 Å². The van der Waals surface area contributed by atoms with Gasteiger partial charge in [-0.1, -0.05) is 31.2 Å². The van der Waals surface area contributed by atoms with E-state index in [0.717, 1.165) is 22.1 Å². The van der Waals surface area contributed by atoms with Crippen LogP contribution in [0.25, 0.3) is 10.8 Å². The van der Waals surface area contributed by atoms with Crippen molar-refractivity contribution in [2.45, 2.75) is 19.8 Å². The van der Waals surface area contributed by atoms with E-state index in [9.17, 15) is 9.59 Å². The molecule has 0 aromatic heterocycles. The Morgan fingerprint density at radius 1 is 1.26 bits per heavy atom. The first kappa shape index (κ1) is 16.8. The van der Waals surface area contributed by atoms with Crippen molar-refractivity contribution in [3.05, 3.63) is 42.0 Å². The molecule has 122 valence electrons. The Morgan fingerprint density at radius 3 is 2.74 bits per heavy atom. The highest BCUT2D eigenvalue weighted by molar-refractivity contribution is 5.91. The van der Waals surface area contributed by atoms with Crippen molar-refractivity contribution in [1.82, 2.24) is 5.32 Å². The summed E-state index contributed by atoms with van der Waals surface area (Å²) >= 11 is 0. The quantitative estimate of drug-likeness (QED) is 0.823. The average molecular weight is 315 g/mol. The first-order valence-electron chi connectivity index (χ1n) is 7.53. The Morgan fingerprint density at radius 2 is 2.04 bits per heavy atom. The van der Waals surface area contributed by atoms with Crippen molar-refractivity contribution < 1.29 is 19.4 Å². The molecule has 5 nitrogen and oxygen atoms in total. The number of fused-ring (bicyclic) bond motifs is 1. The molecule has 0 spiro atoms. The van der Waals surface area contributed by atoms with Crippen LogP contribution in [0.15, 0.2) is 36.4 Å². The topological polar surface area (TPSA) is 75.6 Å². The molecule has 1 amide bonds. The maximum Gasteiger partial charge on any atom is 0.303 e. The first-order valence-corrected chi connectivity index (χ1v) is 7.53. The van der Waals surface area contributed by atoms with Crippen LogP contribution in [0.2, 0.25) is 0 Å². The highest BCUT2D eigenvalue weighted by Gasteiger charge is 2.11. The van der Waals surface area contributed by atoms with Crippen LogP contribution in [0.5, 0.6) is 5.75 Å². The summed E-state index contributed by atoms with van der Waals surface area (Å²) < 4.78 is 5.24. The molecule has 2 rings (SSSR count). The molecule has 0 saturated heterocycles. The number of amides is 1. The standard InChI is InChI=1S/C18H21NO4/c1-12(8-18(21)22)11-19-17(20)9-14-5-3-4-13-6-7-15(23-2)10-16(13)14/h3-7,10,12H,8-9,11H2,1-2H3,(H,19,20)(H,21,22).